The summed E-state index contributed by atoms with van der Waals surface area (Å²) in [5.74, 6) is -2.23. The number of hydroxylamine groups is 2. The molecule has 0 saturated heterocycles. The van der Waals surface area contributed by atoms with Crippen molar-refractivity contribution in [3.63, 3.8) is 0 Å². The van der Waals surface area contributed by atoms with Crippen LogP contribution in [0.15, 0.2) is 48.5 Å². The SMILES string of the molecule is CNC(=O)c1cccc(CCC(=O)ON2C(=O)c3ccccc3C2=O)c1. The lowest BCUT2D eigenvalue weighted by atomic mass is 10.1. The van der Waals surface area contributed by atoms with E-state index in [1.54, 1.807) is 36.4 Å². The van der Waals surface area contributed by atoms with E-state index >= 15 is 0 Å². The molecule has 0 fully saturated rings. The number of amides is 3. The highest BCUT2D eigenvalue weighted by Gasteiger charge is 2.38. The quantitative estimate of drug-likeness (QED) is 0.828. The van der Waals surface area contributed by atoms with Gasteiger partial charge in [-0.05, 0) is 36.2 Å². The molecule has 0 saturated carbocycles. The van der Waals surface area contributed by atoms with E-state index in [1.165, 1.54) is 19.2 Å². The average Bonchev–Trinajstić information content (AvgIpc) is 2.91. The highest BCUT2D eigenvalue weighted by atomic mass is 16.7. The van der Waals surface area contributed by atoms with Gasteiger partial charge < -0.3 is 10.2 Å². The minimum atomic E-state index is -0.704. The monoisotopic (exact) mass is 352 g/mol. The van der Waals surface area contributed by atoms with E-state index in [-0.39, 0.29) is 23.5 Å². The summed E-state index contributed by atoms with van der Waals surface area (Å²) in [5, 5.41) is 3.02. The van der Waals surface area contributed by atoms with E-state index < -0.39 is 17.8 Å². The first kappa shape index (κ1) is 17.3. The van der Waals surface area contributed by atoms with Crippen LogP contribution in [0, 0.1) is 0 Å². The number of carbonyl (C=O) groups is 4. The molecule has 0 aromatic heterocycles. The molecular weight excluding hydrogens is 336 g/mol. The van der Waals surface area contributed by atoms with E-state index in [0.29, 0.717) is 17.0 Å². The number of hydrogen-bond acceptors (Lipinski definition) is 5. The Morgan fingerprint density at radius 2 is 1.65 bits per heavy atom. The van der Waals surface area contributed by atoms with E-state index in [9.17, 15) is 19.2 Å². The van der Waals surface area contributed by atoms with Gasteiger partial charge in [-0.15, -0.1) is 0 Å². The van der Waals surface area contributed by atoms with Crippen LogP contribution in [0.5, 0.6) is 0 Å². The van der Waals surface area contributed by atoms with Crippen molar-refractivity contribution in [2.75, 3.05) is 7.05 Å². The molecule has 0 bridgehead atoms. The van der Waals surface area contributed by atoms with Gasteiger partial charge in [0.25, 0.3) is 17.7 Å². The fourth-order valence-electron chi connectivity index (χ4n) is 2.66. The van der Waals surface area contributed by atoms with Crippen molar-refractivity contribution in [1.29, 1.82) is 0 Å². The number of rotatable bonds is 5. The molecule has 0 aliphatic carbocycles. The van der Waals surface area contributed by atoms with Crippen molar-refractivity contribution in [3.05, 3.63) is 70.8 Å². The first-order valence-corrected chi connectivity index (χ1v) is 8.01. The Kier molecular flexibility index (Phi) is 4.79. The molecule has 0 unspecified atom stereocenters. The predicted octanol–water partition coefficient (Wildman–Crippen LogP) is 1.73. The summed E-state index contributed by atoms with van der Waals surface area (Å²) in [5.41, 5.74) is 1.68. The van der Waals surface area contributed by atoms with Crippen LogP contribution < -0.4 is 5.32 Å². The van der Waals surface area contributed by atoms with Crippen LogP contribution in [0.25, 0.3) is 0 Å². The number of nitrogens with one attached hydrogen (secondary N) is 1. The van der Waals surface area contributed by atoms with Crippen molar-refractivity contribution < 1.29 is 24.0 Å². The zero-order chi connectivity index (χ0) is 18.7. The van der Waals surface area contributed by atoms with Gasteiger partial charge in [0.1, 0.15) is 0 Å². The van der Waals surface area contributed by atoms with Gasteiger partial charge in [0.2, 0.25) is 0 Å². The maximum atomic E-state index is 12.2. The van der Waals surface area contributed by atoms with Crippen molar-refractivity contribution in [1.82, 2.24) is 10.4 Å². The van der Waals surface area contributed by atoms with E-state index in [4.69, 9.17) is 4.84 Å². The van der Waals surface area contributed by atoms with Crippen LogP contribution >= 0.6 is 0 Å². The van der Waals surface area contributed by atoms with Crippen molar-refractivity contribution in [2.45, 2.75) is 12.8 Å². The van der Waals surface area contributed by atoms with E-state index in [1.807, 2.05) is 0 Å². The molecule has 3 rings (SSSR count). The molecular formula is C19H16N2O5. The predicted molar refractivity (Wildman–Crippen MR) is 91.2 cm³/mol. The molecule has 7 nitrogen and oxygen atoms in total. The van der Waals surface area contributed by atoms with Gasteiger partial charge in [0.05, 0.1) is 17.5 Å². The summed E-state index contributed by atoms with van der Waals surface area (Å²) < 4.78 is 0. The smallest absolute Gasteiger partial charge is 0.333 e. The Morgan fingerprint density at radius 3 is 2.27 bits per heavy atom. The lowest BCUT2D eigenvalue weighted by Gasteiger charge is -2.12. The van der Waals surface area contributed by atoms with Gasteiger partial charge in [-0.2, -0.15) is 0 Å². The first-order chi connectivity index (χ1) is 12.5. The lowest BCUT2D eigenvalue weighted by Crippen LogP contribution is -2.32. The number of nitrogens with zero attached hydrogens (tertiary/aromatic N) is 1. The lowest BCUT2D eigenvalue weighted by molar-refractivity contribution is -0.168. The summed E-state index contributed by atoms with van der Waals surface area (Å²) in [6.07, 6.45) is 0.275. The highest BCUT2D eigenvalue weighted by Crippen LogP contribution is 2.23. The van der Waals surface area contributed by atoms with E-state index in [2.05, 4.69) is 5.32 Å². The van der Waals surface area contributed by atoms with Crippen molar-refractivity contribution in [2.24, 2.45) is 0 Å². The van der Waals surface area contributed by atoms with Crippen LogP contribution in [0.4, 0.5) is 0 Å². The standard InChI is InChI=1S/C19H16N2O5/c1-20-17(23)13-6-4-5-12(11-13)9-10-16(22)26-21-18(24)14-7-2-3-8-15(14)19(21)25/h2-8,11H,9-10H2,1H3,(H,20,23). The number of imide groups is 1. The molecule has 0 radical (unpaired) electrons. The first-order valence-electron chi connectivity index (χ1n) is 8.01. The Balaban J connectivity index is 1.61. The zero-order valence-electron chi connectivity index (χ0n) is 14.0. The third-order valence-electron chi connectivity index (χ3n) is 3.98. The Bertz CT molecular complexity index is 871. The molecule has 132 valence electrons. The second-order valence-corrected chi connectivity index (χ2v) is 5.69. The van der Waals surface area contributed by atoms with Gasteiger partial charge >= 0.3 is 5.97 Å². The summed E-state index contributed by atoms with van der Waals surface area (Å²) in [6, 6.07) is 13.1. The Morgan fingerprint density at radius 1 is 1.00 bits per heavy atom. The topological polar surface area (TPSA) is 92.8 Å². The van der Waals surface area contributed by atoms with Gasteiger partial charge in [-0.25, -0.2) is 4.79 Å². The number of benzene rings is 2. The normalized spacial score (nSPS) is 12.7. The van der Waals surface area contributed by atoms with Crippen molar-refractivity contribution >= 4 is 23.7 Å². The fourth-order valence-corrected chi connectivity index (χ4v) is 2.66. The minimum Gasteiger partial charge on any atom is -0.355 e. The maximum absolute atomic E-state index is 12.2. The molecule has 7 heteroatoms. The third kappa shape index (κ3) is 3.32. The molecule has 2 aromatic carbocycles. The van der Waals surface area contributed by atoms with Crippen molar-refractivity contribution in [3.8, 4) is 0 Å². The maximum Gasteiger partial charge on any atom is 0.333 e. The number of fused-ring (bicyclic) bond motifs is 1. The third-order valence-corrected chi connectivity index (χ3v) is 3.98. The van der Waals surface area contributed by atoms with E-state index in [0.717, 1.165) is 5.56 Å². The van der Waals surface area contributed by atoms with Crippen LogP contribution in [-0.4, -0.2) is 35.8 Å². The van der Waals surface area contributed by atoms with Crippen LogP contribution in [0.2, 0.25) is 0 Å². The Labute approximate surface area is 149 Å². The van der Waals surface area contributed by atoms with Crippen LogP contribution in [0.3, 0.4) is 0 Å². The summed E-state index contributed by atoms with van der Waals surface area (Å²) in [6.45, 7) is 0. The number of hydrogen-bond donors (Lipinski definition) is 1. The molecule has 0 atom stereocenters. The molecule has 1 N–H and O–H groups in total. The van der Waals surface area contributed by atoms with Gasteiger partial charge in [-0.3, -0.25) is 14.4 Å². The molecule has 0 spiro atoms. The molecule has 1 heterocycles. The molecule has 3 amide bonds. The van der Waals surface area contributed by atoms with Crippen LogP contribution in [-0.2, 0) is 16.1 Å². The second-order valence-electron chi connectivity index (χ2n) is 5.69. The largest absolute Gasteiger partial charge is 0.355 e. The molecule has 26 heavy (non-hydrogen) atoms. The van der Waals surface area contributed by atoms with Gasteiger partial charge in [0, 0.05) is 12.6 Å². The van der Waals surface area contributed by atoms with Crippen LogP contribution in [0.1, 0.15) is 43.1 Å². The highest BCUT2D eigenvalue weighted by molar-refractivity contribution is 6.20. The average molecular weight is 352 g/mol. The summed E-state index contributed by atoms with van der Waals surface area (Å²) in [4.78, 5) is 52.9. The Hall–Kier alpha value is -3.48. The molecule has 1 aliphatic heterocycles. The second kappa shape index (κ2) is 7.18. The fraction of sp³-hybridized carbons (Fsp3) is 0.158. The van der Waals surface area contributed by atoms with Gasteiger partial charge in [-0.1, -0.05) is 29.3 Å². The number of carbonyl (C=O) groups excluding carboxylic acids is 4. The minimum absolute atomic E-state index is 0.0371. The zero-order valence-corrected chi connectivity index (χ0v) is 14.0. The summed E-state index contributed by atoms with van der Waals surface area (Å²) >= 11 is 0. The number of aryl methyl sites for hydroxylation is 1. The molecule has 2 aromatic rings. The van der Waals surface area contributed by atoms with Gasteiger partial charge in [0.15, 0.2) is 0 Å². The molecule has 1 aliphatic rings. The summed E-state index contributed by atoms with van der Waals surface area (Å²) in [7, 11) is 1.54.